The monoisotopic (exact) mass is 585 g/mol. The molecule has 3 N–H and O–H groups in total. The summed E-state index contributed by atoms with van der Waals surface area (Å²) in [6.45, 7) is 11.8. The van der Waals surface area contributed by atoms with Crippen molar-refractivity contribution in [3.63, 3.8) is 0 Å². The largest absolute Gasteiger partial charge is 0.399 e. The topological polar surface area (TPSA) is 177 Å². The first-order chi connectivity index (χ1) is 20.5. The summed E-state index contributed by atoms with van der Waals surface area (Å²) in [6.07, 6.45) is 2.05. The number of benzene rings is 3. The molecule has 0 fully saturated rings. The summed E-state index contributed by atoms with van der Waals surface area (Å²) in [7, 11) is 0. The molecule has 0 saturated heterocycles. The SMILES string of the molecule is CCCn1nc(C)c2ccc(N)cc21.CCCn1nc(C)c2ccc([N+](=O)[O-])cc21.Cc1[nH]nc2cc([N+](=O)[O-])ccc12. The van der Waals surface area contributed by atoms with E-state index < -0.39 is 4.92 Å². The van der Waals surface area contributed by atoms with Crippen LogP contribution in [-0.2, 0) is 13.1 Å². The van der Waals surface area contributed by atoms with Crippen LogP contribution >= 0.6 is 0 Å². The second-order valence-corrected chi connectivity index (χ2v) is 10.2. The van der Waals surface area contributed by atoms with Crippen molar-refractivity contribution in [2.24, 2.45) is 0 Å². The zero-order chi connectivity index (χ0) is 31.3. The van der Waals surface area contributed by atoms with E-state index in [0.29, 0.717) is 5.52 Å². The van der Waals surface area contributed by atoms with E-state index in [1.54, 1.807) is 18.2 Å². The number of anilines is 1. The van der Waals surface area contributed by atoms with Crippen molar-refractivity contribution in [1.29, 1.82) is 0 Å². The first-order valence-corrected chi connectivity index (χ1v) is 14.0. The summed E-state index contributed by atoms with van der Waals surface area (Å²) >= 11 is 0. The highest BCUT2D eigenvalue weighted by Gasteiger charge is 2.12. The van der Waals surface area contributed by atoms with Crippen LogP contribution in [0.15, 0.2) is 54.6 Å². The first kappa shape index (κ1) is 30.6. The lowest BCUT2D eigenvalue weighted by Gasteiger charge is -2.00. The number of nitrogens with zero attached hydrogens (tertiary/aromatic N) is 7. The smallest absolute Gasteiger partial charge is 0.271 e. The summed E-state index contributed by atoms with van der Waals surface area (Å²) < 4.78 is 3.86. The molecule has 6 aromatic rings. The van der Waals surface area contributed by atoms with Crippen LogP contribution in [0, 0.1) is 41.0 Å². The molecule has 0 spiro atoms. The average molecular weight is 586 g/mol. The van der Waals surface area contributed by atoms with Gasteiger partial charge in [0.1, 0.15) is 0 Å². The van der Waals surface area contributed by atoms with E-state index in [2.05, 4.69) is 34.2 Å². The number of aromatic amines is 1. The number of nitrogens with two attached hydrogens (primary N) is 1. The molecule has 0 aliphatic carbocycles. The summed E-state index contributed by atoms with van der Waals surface area (Å²) in [6, 6.07) is 15.5. The lowest BCUT2D eigenvalue weighted by Crippen LogP contribution is -1.99. The molecule has 3 aromatic carbocycles. The van der Waals surface area contributed by atoms with E-state index in [1.807, 2.05) is 48.3 Å². The Balaban J connectivity index is 0.000000148. The molecule has 0 aliphatic heterocycles. The van der Waals surface area contributed by atoms with Gasteiger partial charge in [-0.15, -0.1) is 0 Å². The zero-order valence-corrected chi connectivity index (χ0v) is 24.9. The second kappa shape index (κ2) is 13.1. The first-order valence-electron chi connectivity index (χ1n) is 14.0. The third kappa shape index (κ3) is 6.77. The molecule has 0 amide bonds. The number of nitro benzene ring substituents is 2. The van der Waals surface area contributed by atoms with Crippen LogP contribution in [0.25, 0.3) is 32.7 Å². The number of hydrogen-bond donors (Lipinski definition) is 2. The van der Waals surface area contributed by atoms with E-state index in [4.69, 9.17) is 5.73 Å². The maximum Gasteiger partial charge on any atom is 0.271 e. The Hall–Kier alpha value is -5.33. The lowest BCUT2D eigenvalue weighted by atomic mass is 10.2. The van der Waals surface area contributed by atoms with Crippen molar-refractivity contribution in [3.05, 3.63) is 91.9 Å². The van der Waals surface area contributed by atoms with Gasteiger partial charge in [-0.2, -0.15) is 15.3 Å². The van der Waals surface area contributed by atoms with Gasteiger partial charge in [0.25, 0.3) is 11.4 Å². The molecule has 0 unspecified atom stereocenters. The fraction of sp³-hybridized carbons (Fsp3) is 0.300. The van der Waals surface area contributed by atoms with Crippen LogP contribution in [0.5, 0.6) is 0 Å². The molecule has 3 heterocycles. The summed E-state index contributed by atoms with van der Waals surface area (Å²) in [4.78, 5) is 20.3. The number of aryl methyl sites for hydroxylation is 5. The molecule has 0 saturated carbocycles. The highest BCUT2D eigenvalue weighted by molar-refractivity contribution is 5.85. The van der Waals surface area contributed by atoms with E-state index in [1.165, 1.54) is 23.6 Å². The van der Waals surface area contributed by atoms with E-state index in [0.717, 1.165) is 70.5 Å². The van der Waals surface area contributed by atoms with Crippen molar-refractivity contribution >= 4 is 49.8 Å². The van der Waals surface area contributed by atoms with Crippen molar-refractivity contribution in [2.75, 3.05) is 5.73 Å². The minimum absolute atomic E-state index is 0.0685. The molecule has 3 aromatic heterocycles. The van der Waals surface area contributed by atoms with Crippen LogP contribution in [0.4, 0.5) is 17.1 Å². The standard InChI is InChI=1S/C11H13N3O2.C11H15N3.C8H7N3O2/c1-3-6-13-11-7-9(14(15)16)4-5-10(11)8(2)12-13;1-3-6-14-11-7-9(12)4-5-10(11)8(2)13-14;1-5-7-3-2-6(11(12)13)4-8(7)10-9-5/h4-5,7H,3,6H2,1-2H3;4-5,7H,3,6,12H2,1-2H3;2-4H,1H3,(H,9,10). The Morgan fingerprint density at radius 3 is 1.77 bits per heavy atom. The van der Waals surface area contributed by atoms with Gasteiger partial charge in [0.15, 0.2) is 0 Å². The Bertz CT molecular complexity index is 1920. The minimum Gasteiger partial charge on any atom is -0.399 e. The summed E-state index contributed by atoms with van der Waals surface area (Å²) in [5.74, 6) is 0. The maximum absolute atomic E-state index is 10.7. The van der Waals surface area contributed by atoms with Gasteiger partial charge in [0.2, 0.25) is 0 Å². The van der Waals surface area contributed by atoms with Gasteiger partial charge in [-0.1, -0.05) is 13.8 Å². The number of hydrogen-bond acceptors (Lipinski definition) is 8. The number of fused-ring (bicyclic) bond motifs is 3. The molecule has 6 rings (SSSR count). The number of non-ortho nitro benzene ring substituents is 2. The Kier molecular flexibility index (Phi) is 9.33. The summed E-state index contributed by atoms with van der Waals surface area (Å²) in [5, 5.41) is 39.8. The number of aromatic nitrogens is 6. The van der Waals surface area contributed by atoms with Crippen molar-refractivity contribution < 1.29 is 9.85 Å². The molecular formula is C30H35N9O4. The number of rotatable bonds is 6. The van der Waals surface area contributed by atoms with Crippen LogP contribution in [-0.4, -0.2) is 39.6 Å². The molecule has 43 heavy (non-hydrogen) atoms. The third-order valence-electron chi connectivity index (χ3n) is 6.90. The van der Waals surface area contributed by atoms with Gasteiger partial charge < -0.3 is 5.73 Å². The highest BCUT2D eigenvalue weighted by atomic mass is 16.6. The number of nitrogen functional groups attached to an aromatic ring is 1. The van der Waals surface area contributed by atoms with Crippen LogP contribution < -0.4 is 5.73 Å². The average Bonchev–Trinajstić information content (AvgIpc) is 3.61. The lowest BCUT2D eigenvalue weighted by molar-refractivity contribution is -0.384. The highest BCUT2D eigenvalue weighted by Crippen LogP contribution is 2.24. The quantitative estimate of drug-likeness (QED) is 0.122. The van der Waals surface area contributed by atoms with Crippen LogP contribution in [0.1, 0.15) is 43.8 Å². The normalized spacial score (nSPS) is 10.8. The number of nitro groups is 2. The molecule has 0 atom stereocenters. The van der Waals surface area contributed by atoms with Crippen LogP contribution in [0.3, 0.4) is 0 Å². The third-order valence-corrected chi connectivity index (χ3v) is 6.90. The number of H-pyrrole nitrogens is 1. The Labute approximate surface area is 247 Å². The van der Waals surface area contributed by atoms with Crippen molar-refractivity contribution in [2.45, 2.75) is 60.5 Å². The van der Waals surface area contributed by atoms with Crippen LogP contribution in [0.2, 0.25) is 0 Å². The summed E-state index contributed by atoms with van der Waals surface area (Å²) in [5.41, 5.74) is 12.3. The van der Waals surface area contributed by atoms with Gasteiger partial charge in [0, 0.05) is 64.9 Å². The predicted molar refractivity (Wildman–Crippen MR) is 168 cm³/mol. The minimum atomic E-state index is -0.427. The molecule has 0 radical (unpaired) electrons. The van der Waals surface area contributed by atoms with E-state index in [-0.39, 0.29) is 16.3 Å². The number of nitrogens with one attached hydrogen (secondary N) is 1. The molecule has 13 heteroatoms. The van der Waals surface area contributed by atoms with Gasteiger partial charge >= 0.3 is 0 Å². The molecule has 224 valence electrons. The Morgan fingerprint density at radius 1 is 0.744 bits per heavy atom. The molecule has 13 nitrogen and oxygen atoms in total. The van der Waals surface area contributed by atoms with Gasteiger partial charge in [-0.05, 0) is 63.9 Å². The maximum atomic E-state index is 10.7. The second-order valence-electron chi connectivity index (χ2n) is 10.2. The predicted octanol–water partition coefficient (Wildman–Crippen LogP) is 6.78. The van der Waals surface area contributed by atoms with Gasteiger partial charge in [-0.25, -0.2) is 0 Å². The van der Waals surface area contributed by atoms with Crippen molar-refractivity contribution in [3.8, 4) is 0 Å². The zero-order valence-electron chi connectivity index (χ0n) is 24.9. The molecular weight excluding hydrogens is 550 g/mol. The Morgan fingerprint density at radius 2 is 1.23 bits per heavy atom. The van der Waals surface area contributed by atoms with Gasteiger partial charge in [0.05, 0.1) is 37.8 Å². The van der Waals surface area contributed by atoms with E-state index >= 15 is 0 Å². The fourth-order valence-electron chi connectivity index (χ4n) is 4.81. The van der Waals surface area contributed by atoms with Crippen molar-refractivity contribution in [1.82, 2.24) is 29.8 Å². The molecule has 0 aliphatic rings. The fourth-order valence-corrected chi connectivity index (χ4v) is 4.81. The van der Waals surface area contributed by atoms with E-state index in [9.17, 15) is 20.2 Å². The van der Waals surface area contributed by atoms with Gasteiger partial charge in [-0.3, -0.25) is 34.7 Å². The molecule has 0 bridgehead atoms.